The van der Waals surface area contributed by atoms with Gasteiger partial charge < -0.3 is 14.6 Å². The van der Waals surface area contributed by atoms with Crippen LogP contribution in [0.2, 0.25) is 5.02 Å². The molecule has 2 heterocycles. The summed E-state index contributed by atoms with van der Waals surface area (Å²) in [7, 11) is 0. The van der Waals surface area contributed by atoms with Gasteiger partial charge in [0.05, 0.1) is 28.8 Å². The molecule has 1 aliphatic rings. The standard InChI is InChI=1S/C27H26ClN3O3/c28-21-13-20-11-12-31(16-22-8-7-19-3-1-2-4-25(19)30-22)26(20)24(14-21)27(33)29-15-18-5-9-23(10-6-18)34-17-32/h1-4,7-8,11-14,17-18,23H,5-6,9-10,15-16H2,(H,29,33). The van der Waals surface area contributed by atoms with Crippen molar-refractivity contribution >= 4 is 45.8 Å². The van der Waals surface area contributed by atoms with E-state index in [1.54, 1.807) is 6.07 Å². The number of aromatic nitrogens is 2. The number of ether oxygens (including phenoxy) is 1. The minimum atomic E-state index is -0.134. The molecule has 1 amide bonds. The van der Waals surface area contributed by atoms with Crippen LogP contribution in [0, 0.1) is 5.92 Å². The number of pyridine rings is 1. The van der Waals surface area contributed by atoms with E-state index in [0.29, 0.717) is 36.1 Å². The Balaban J connectivity index is 1.35. The van der Waals surface area contributed by atoms with E-state index in [-0.39, 0.29) is 12.0 Å². The van der Waals surface area contributed by atoms with Gasteiger partial charge in [-0.25, -0.2) is 0 Å². The lowest BCUT2D eigenvalue weighted by Crippen LogP contribution is -2.33. The summed E-state index contributed by atoms with van der Waals surface area (Å²) in [5.41, 5.74) is 3.28. The summed E-state index contributed by atoms with van der Waals surface area (Å²) in [5.74, 6) is 0.240. The number of nitrogens with zero attached hydrogens (tertiary/aromatic N) is 2. The van der Waals surface area contributed by atoms with Crippen molar-refractivity contribution in [2.45, 2.75) is 38.3 Å². The normalized spacial score (nSPS) is 18.1. The average molecular weight is 476 g/mol. The van der Waals surface area contributed by atoms with Crippen molar-refractivity contribution in [2.24, 2.45) is 5.92 Å². The number of hydrogen-bond donors (Lipinski definition) is 1. The summed E-state index contributed by atoms with van der Waals surface area (Å²) in [6.07, 6.45) is 5.50. The molecule has 0 radical (unpaired) electrons. The predicted molar refractivity (Wildman–Crippen MR) is 133 cm³/mol. The SMILES string of the molecule is O=COC1CCC(CNC(=O)c2cc(Cl)cc3ccn(Cc4ccc5ccccc5n4)c23)CC1. The van der Waals surface area contributed by atoms with Gasteiger partial charge in [-0.2, -0.15) is 0 Å². The second-order valence-electron chi connectivity index (χ2n) is 8.92. The van der Waals surface area contributed by atoms with E-state index < -0.39 is 0 Å². The molecular weight excluding hydrogens is 450 g/mol. The topological polar surface area (TPSA) is 73.2 Å². The van der Waals surface area contributed by atoms with Gasteiger partial charge in [-0.15, -0.1) is 0 Å². The fourth-order valence-electron chi connectivity index (χ4n) is 4.87. The summed E-state index contributed by atoms with van der Waals surface area (Å²) in [5, 5.41) is 5.66. The number of hydrogen-bond acceptors (Lipinski definition) is 4. The molecule has 1 N–H and O–H groups in total. The van der Waals surface area contributed by atoms with Gasteiger partial charge in [0, 0.05) is 28.5 Å². The molecule has 0 unspecified atom stereocenters. The van der Waals surface area contributed by atoms with E-state index in [9.17, 15) is 9.59 Å². The van der Waals surface area contributed by atoms with Crippen molar-refractivity contribution in [3.8, 4) is 0 Å². The molecule has 0 saturated heterocycles. The summed E-state index contributed by atoms with van der Waals surface area (Å²) in [4.78, 5) is 28.6. The molecule has 1 aliphatic carbocycles. The Morgan fingerprint density at radius 3 is 2.74 bits per heavy atom. The molecule has 0 spiro atoms. The van der Waals surface area contributed by atoms with Crippen LogP contribution in [-0.4, -0.2) is 34.6 Å². The Labute approximate surface area is 202 Å². The molecular formula is C27H26ClN3O3. The maximum atomic E-state index is 13.2. The first-order valence-electron chi connectivity index (χ1n) is 11.6. The highest BCUT2D eigenvalue weighted by Crippen LogP contribution is 2.28. The molecule has 2 aromatic heterocycles. The quantitative estimate of drug-likeness (QED) is 0.365. The van der Waals surface area contributed by atoms with Gasteiger partial charge >= 0.3 is 0 Å². The largest absolute Gasteiger partial charge is 0.465 e. The third kappa shape index (κ3) is 4.77. The minimum absolute atomic E-state index is 0.00370. The number of fused-ring (bicyclic) bond motifs is 2. The molecule has 0 aliphatic heterocycles. The fraction of sp³-hybridized carbons (Fsp3) is 0.296. The maximum absolute atomic E-state index is 13.2. The first-order valence-corrected chi connectivity index (χ1v) is 12.0. The zero-order valence-corrected chi connectivity index (χ0v) is 19.5. The highest BCUT2D eigenvalue weighted by Gasteiger charge is 2.23. The monoisotopic (exact) mass is 475 g/mol. The number of para-hydroxylation sites is 1. The number of carbonyl (C=O) groups is 2. The van der Waals surface area contributed by atoms with Gasteiger partial charge in [0.15, 0.2) is 0 Å². The van der Waals surface area contributed by atoms with Crippen molar-refractivity contribution in [3.63, 3.8) is 0 Å². The van der Waals surface area contributed by atoms with Gasteiger partial charge in [-0.05, 0) is 61.9 Å². The third-order valence-corrected chi connectivity index (χ3v) is 6.87. The maximum Gasteiger partial charge on any atom is 0.293 e. The number of rotatable bonds is 7. The van der Waals surface area contributed by atoms with Crippen LogP contribution in [0.3, 0.4) is 0 Å². The van der Waals surface area contributed by atoms with Crippen molar-refractivity contribution < 1.29 is 14.3 Å². The molecule has 0 atom stereocenters. The van der Waals surface area contributed by atoms with E-state index in [0.717, 1.165) is 53.2 Å². The molecule has 34 heavy (non-hydrogen) atoms. The van der Waals surface area contributed by atoms with Gasteiger partial charge in [-0.1, -0.05) is 35.9 Å². The Morgan fingerprint density at radius 2 is 1.91 bits per heavy atom. The molecule has 5 rings (SSSR count). The van der Waals surface area contributed by atoms with E-state index >= 15 is 0 Å². The Morgan fingerprint density at radius 1 is 1.09 bits per heavy atom. The molecule has 174 valence electrons. The molecule has 7 heteroatoms. The molecule has 4 aromatic rings. The Kier molecular flexibility index (Phi) is 6.50. The minimum Gasteiger partial charge on any atom is -0.465 e. The van der Waals surface area contributed by atoms with Crippen LogP contribution in [0.1, 0.15) is 41.7 Å². The van der Waals surface area contributed by atoms with Crippen molar-refractivity contribution in [3.05, 3.63) is 77.1 Å². The summed E-state index contributed by atoms with van der Waals surface area (Å²) >= 11 is 6.35. The van der Waals surface area contributed by atoms with E-state index in [2.05, 4.69) is 16.0 Å². The second kappa shape index (κ2) is 9.85. The van der Waals surface area contributed by atoms with Gasteiger partial charge in [0.1, 0.15) is 6.10 Å². The average Bonchev–Trinajstić information content (AvgIpc) is 3.25. The van der Waals surface area contributed by atoms with Crippen LogP contribution in [-0.2, 0) is 16.1 Å². The van der Waals surface area contributed by atoms with Crippen LogP contribution in [0.4, 0.5) is 0 Å². The van der Waals surface area contributed by atoms with Gasteiger partial charge in [-0.3, -0.25) is 14.6 Å². The number of benzene rings is 2. The van der Waals surface area contributed by atoms with Crippen LogP contribution in [0.25, 0.3) is 21.8 Å². The lowest BCUT2D eigenvalue weighted by Gasteiger charge is -2.27. The first-order chi connectivity index (χ1) is 16.6. The summed E-state index contributed by atoms with van der Waals surface area (Å²) in [6, 6.07) is 17.7. The highest BCUT2D eigenvalue weighted by molar-refractivity contribution is 6.32. The highest BCUT2D eigenvalue weighted by atomic mass is 35.5. The predicted octanol–water partition coefficient (Wildman–Crippen LogP) is 5.35. The van der Waals surface area contributed by atoms with Crippen LogP contribution >= 0.6 is 11.6 Å². The second-order valence-corrected chi connectivity index (χ2v) is 9.35. The van der Waals surface area contributed by atoms with Crippen LogP contribution in [0.5, 0.6) is 0 Å². The lowest BCUT2D eigenvalue weighted by atomic mass is 9.87. The van der Waals surface area contributed by atoms with Crippen LogP contribution < -0.4 is 5.32 Å². The van der Waals surface area contributed by atoms with Crippen molar-refractivity contribution in [2.75, 3.05) is 6.54 Å². The molecule has 0 bridgehead atoms. The van der Waals surface area contributed by atoms with E-state index in [4.69, 9.17) is 21.3 Å². The number of amides is 1. The lowest BCUT2D eigenvalue weighted by molar-refractivity contribution is -0.135. The van der Waals surface area contributed by atoms with Gasteiger partial charge in [0.2, 0.25) is 0 Å². The molecule has 2 aromatic carbocycles. The first kappa shape index (κ1) is 22.4. The molecule has 1 fully saturated rings. The third-order valence-electron chi connectivity index (χ3n) is 6.65. The van der Waals surface area contributed by atoms with E-state index in [1.165, 1.54) is 0 Å². The number of halogens is 1. The summed E-state index contributed by atoms with van der Waals surface area (Å²) < 4.78 is 7.13. The van der Waals surface area contributed by atoms with Crippen molar-refractivity contribution in [1.29, 1.82) is 0 Å². The van der Waals surface area contributed by atoms with Crippen molar-refractivity contribution in [1.82, 2.24) is 14.9 Å². The Hall–Kier alpha value is -3.38. The van der Waals surface area contributed by atoms with Gasteiger partial charge in [0.25, 0.3) is 12.4 Å². The molecule has 1 saturated carbocycles. The van der Waals surface area contributed by atoms with E-state index in [1.807, 2.05) is 48.7 Å². The number of carbonyl (C=O) groups excluding carboxylic acids is 2. The van der Waals surface area contributed by atoms with Crippen LogP contribution in [0.15, 0.2) is 60.8 Å². The molecule has 6 nitrogen and oxygen atoms in total. The Bertz CT molecular complexity index is 1340. The zero-order chi connectivity index (χ0) is 23.5. The number of nitrogens with one attached hydrogen (secondary N) is 1. The zero-order valence-electron chi connectivity index (χ0n) is 18.7. The summed E-state index contributed by atoms with van der Waals surface area (Å²) in [6.45, 7) is 1.67. The fourth-order valence-corrected chi connectivity index (χ4v) is 5.10. The smallest absolute Gasteiger partial charge is 0.293 e.